The van der Waals surface area contributed by atoms with Gasteiger partial charge in [0.05, 0.1) is 6.54 Å². The molecule has 15 heavy (non-hydrogen) atoms. The van der Waals surface area contributed by atoms with E-state index in [0.29, 0.717) is 19.0 Å². The minimum atomic E-state index is 0.173. The summed E-state index contributed by atoms with van der Waals surface area (Å²) in [5.41, 5.74) is 5.40. The molecule has 90 valence electrons. The molecular weight excluding hydrogens is 190 g/mol. The highest BCUT2D eigenvalue weighted by Gasteiger charge is 2.11. The van der Waals surface area contributed by atoms with E-state index >= 15 is 0 Å². The smallest absolute Gasteiger partial charge is 0.236 e. The van der Waals surface area contributed by atoms with Gasteiger partial charge >= 0.3 is 0 Å². The van der Waals surface area contributed by atoms with Crippen LogP contribution in [-0.4, -0.2) is 56.0 Å². The third-order valence-corrected chi connectivity index (χ3v) is 2.21. The van der Waals surface area contributed by atoms with Crippen molar-refractivity contribution < 1.29 is 4.79 Å². The highest BCUT2D eigenvalue weighted by Crippen LogP contribution is 1.97. The van der Waals surface area contributed by atoms with Gasteiger partial charge in [-0.3, -0.25) is 9.69 Å². The topological polar surface area (TPSA) is 49.6 Å². The number of carbonyl (C=O) groups is 1. The largest absolute Gasteiger partial charge is 0.345 e. The average Bonchev–Trinajstić information content (AvgIpc) is 2.12. The lowest BCUT2D eigenvalue weighted by Crippen LogP contribution is -2.38. The second-order valence-corrected chi connectivity index (χ2v) is 4.55. The average molecular weight is 215 g/mol. The van der Waals surface area contributed by atoms with Crippen LogP contribution in [0.2, 0.25) is 0 Å². The minimum Gasteiger partial charge on any atom is -0.345 e. The summed E-state index contributed by atoms with van der Waals surface area (Å²) in [4.78, 5) is 15.5. The first-order valence-electron chi connectivity index (χ1n) is 5.60. The minimum absolute atomic E-state index is 0.173. The third-order valence-electron chi connectivity index (χ3n) is 2.21. The first kappa shape index (κ1) is 14.4. The summed E-state index contributed by atoms with van der Waals surface area (Å²) in [6, 6.07) is 0. The second-order valence-electron chi connectivity index (χ2n) is 4.55. The Morgan fingerprint density at radius 1 is 1.33 bits per heavy atom. The predicted octanol–water partition coefficient (Wildman–Crippen LogP) is 0.381. The van der Waals surface area contributed by atoms with Crippen molar-refractivity contribution in [2.75, 3.05) is 40.3 Å². The van der Waals surface area contributed by atoms with Gasteiger partial charge in [-0.25, -0.2) is 0 Å². The fourth-order valence-corrected chi connectivity index (χ4v) is 1.49. The van der Waals surface area contributed by atoms with Crippen LogP contribution in [0.25, 0.3) is 0 Å². The van der Waals surface area contributed by atoms with Crippen LogP contribution in [0.15, 0.2) is 0 Å². The van der Waals surface area contributed by atoms with Crippen LogP contribution in [0.4, 0.5) is 0 Å². The Bertz CT molecular complexity index is 183. The van der Waals surface area contributed by atoms with E-state index in [9.17, 15) is 4.79 Å². The SMILES string of the molecule is CC(C)CN(C)CC(=O)N(C)CCCN. The molecule has 0 unspecified atom stereocenters. The summed E-state index contributed by atoms with van der Waals surface area (Å²) in [7, 11) is 3.82. The molecular formula is C11H25N3O. The van der Waals surface area contributed by atoms with E-state index in [0.717, 1.165) is 19.5 Å². The molecule has 0 atom stereocenters. The van der Waals surface area contributed by atoms with Crippen LogP contribution in [0.1, 0.15) is 20.3 Å². The van der Waals surface area contributed by atoms with Gasteiger partial charge in [-0.2, -0.15) is 0 Å². The molecule has 0 aromatic carbocycles. The van der Waals surface area contributed by atoms with E-state index in [1.807, 2.05) is 14.1 Å². The number of nitrogens with two attached hydrogens (primary N) is 1. The van der Waals surface area contributed by atoms with E-state index in [2.05, 4.69) is 18.7 Å². The standard InChI is InChI=1S/C11H25N3O/c1-10(2)8-13(3)9-11(15)14(4)7-5-6-12/h10H,5-9,12H2,1-4H3. The van der Waals surface area contributed by atoms with Crippen LogP contribution in [0.3, 0.4) is 0 Å². The first-order chi connectivity index (χ1) is 6.97. The fraction of sp³-hybridized carbons (Fsp3) is 0.909. The van der Waals surface area contributed by atoms with Gasteiger partial charge in [-0.15, -0.1) is 0 Å². The summed E-state index contributed by atoms with van der Waals surface area (Å²) in [5.74, 6) is 0.767. The Kier molecular flexibility index (Phi) is 7.34. The molecule has 0 saturated carbocycles. The Balaban J connectivity index is 3.80. The van der Waals surface area contributed by atoms with Crippen molar-refractivity contribution in [1.29, 1.82) is 0 Å². The zero-order valence-electron chi connectivity index (χ0n) is 10.5. The maximum Gasteiger partial charge on any atom is 0.236 e. The monoisotopic (exact) mass is 215 g/mol. The molecule has 0 spiro atoms. The first-order valence-corrected chi connectivity index (χ1v) is 5.60. The van der Waals surface area contributed by atoms with E-state index in [-0.39, 0.29) is 5.91 Å². The normalized spacial score (nSPS) is 11.1. The van der Waals surface area contributed by atoms with Crippen molar-refractivity contribution in [3.8, 4) is 0 Å². The molecule has 0 radical (unpaired) electrons. The van der Waals surface area contributed by atoms with E-state index in [1.165, 1.54) is 0 Å². The number of likely N-dealkylation sites (N-methyl/N-ethyl adjacent to an activating group) is 2. The number of amides is 1. The van der Waals surface area contributed by atoms with Gasteiger partial charge in [0.15, 0.2) is 0 Å². The maximum atomic E-state index is 11.7. The summed E-state index contributed by atoms with van der Waals surface area (Å²) in [6.45, 7) is 7.15. The zero-order chi connectivity index (χ0) is 11.8. The molecule has 4 heteroatoms. The zero-order valence-corrected chi connectivity index (χ0v) is 10.5. The summed E-state index contributed by atoms with van der Waals surface area (Å²) in [5, 5.41) is 0. The van der Waals surface area contributed by atoms with Crippen molar-refractivity contribution in [2.45, 2.75) is 20.3 Å². The van der Waals surface area contributed by atoms with Gasteiger partial charge in [0.25, 0.3) is 0 Å². The Morgan fingerprint density at radius 3 is 2.40 bits per heavy atom. The Hall–Kier alpha value is -0.610. The van der Waals surface area contributed by atoms with Gasteiger partial charge in [-0.05, 0) is 25.9 Å². The van der Waals surface area contributed by atoms with Crippen molar-refractivity contribution in [2.24, 2.45) is 11.7 Å². The third kappa shape index (κ3) is 7.33. The molecule has 0 aliphatic carbocycles. The molecule has 1 amide bonds. The van der Waals surface area contributed by atoms with Gasteiger partial charge in [0.1, 0.15) is 0 Å². The molecule has 0 saturated heterocycles. The molecule has 0 aromatic heterocycles. The number of rotatable bonds is 7. The van der Waals surface area contributed by atoms with E-state index in [1.54, 1.807) is 4.90 Å². The van der Waals surface area contributed by atoms with Gasteiger partial charge < -0.3 is 10.6 Å². The van der Waals surface area contributed by atoms with E-state index in [4.69, 9.17) is 5.73 Å². The van der Waals surface area contributed by atoms with Gasteiger partial charge in [0.2, 0.25) is 5.91 Å². The van der Waals surface area contributed by atoms with Crippen molar-refractivity contribution in [3.63, 3.8) is 0 Å². The molecule has 0 aliphatic heterocycles. The Morgan fingerprint density at radius 2 is 1.93 bits per heavy atom. The van der Waals surface area contributed by atoms with Crippen molar-refractivity contribution >= 4 is 5.91 Å². The summed E-state index contributed by atoms with van der Waals surface area (Å²) in [6.07, 6.45) is 0.871. The molecule has 0 aliphatic rings. The van der Waals surface area contributed by atoms with Crippen LogP contribution < -0.4 is 5.73 Å². The number of nitrogens with zero attached hydrogens (tertiary/aromatic N) is 2. The molecule has 0 heterocycles. The predicted molar refractivity (Wildman–Crippen MR) is 63.6 cm³/mol. The lowest BCUT2D eigenvalue weighted by molar-refractivity contribution is -0.130. The number of hydrogen-bond donors (Lipinski definition) is 1. The molecule has 4 nitrogen and oxygen atoms in total. The quantitative estimate of drug-likeness (QED) is 0.668. The number of carbonyl (C=O) groups excluding carboxylic acids is 1. The van der Waals surface area contributed by atoms with Crippen molar-refractivity contribution in [1.82, 2.24) is 9.80 Å². The van der Waals surface area contributed by atoms with Crippen LogP contribution in [0, 0.1) is 5.92 Å². The highest BCUT2D eigenvalue weighted by atomic mass is 16.2. The molecule has 0 fully saturated rings. The molecule has 0 rings (SSSR count). The fourth-order valence-electron chi connectivity index (χ4n) is 1.49. The summed E-state index contributed by atoms with van der Waals surface area (Å²) >= 11 is 0. The van der Waals surface area contributed by atoms with Crippen LogP contribution in [-0.2, 0) is 4.79 Å². The van der Waals surface area contributed by atoms with Crippen LogP contribution in [0.5, 0.6) is 0 Å². The second kappa shape index (κ2) is 7.65. The van der Waals surface area contributed by atoms with Crippen molar-refractivity contribution in [3.05, 3.63) is 0 Å². The van der Waals surface area contributed by atoms with Crippen LogP contribution >= 0.6 is 0 Å². The lowest BCUT2D eigenvalue weighted by Gasteiger charge is -2.22. The highest BCUT2D eigenvalue weighted by molar-refractivity contribution is 5.77. The maximum absolute atomic E-state index is 11.7. The Labute approximate surface area is 93.4 Å². The van der Waals surface area contributed by atoms with Gasteiger partial charge in [-0.1, -0.05) is 13.8 Å². The summed E-state index contributed by atoms with van der Waals surface area (Å²) < 4.78 is 0. The van der Waals surface area contributed by atoms with E-state index < -0.39 is 0 Å². The number of hydrogen-bond acceptors (Lipinski definition) is 3. The molecule has 0 aromatic rings. The molecule has 0 bridgehead atoms. The molecule has 2 N–H and O–H groups in total. The lowest BCUT2D eigenvalue weighted by atomic mass is 10.2. The van der Waals surface area contributed by atoms with Gasteiger partial charge in [0, 0.05) is 20.1 Å².